The summed E-state index contributed by atoms with van der Waals surface area (Å²) in [6, 6.07) is 3.41. The fourth-order valence-corrected chi connectivity index (χ4v) is 2.40. The van der Waals surface area contributed by atoms with Crippen LogP contribution in [0.15, 0.2) is 12.1 Å². The van der Waals surface area contributed by atoms with Crippen molar-refractivity contribution in [3.8, 4) is 11.5 Å². The topological polar surface area (TPSA) is 76.9 Å². The van der Waals surface area contributed by atoms with Gasteiger partial charge in [0.1, 0.15) is 0 Å². The highest BCUT2D eigenvalue weighted by Crippen LogP contribution is 2.41. The maximum atomic E-state index is 11.1. The van der Waals surface area contributed by atoms with Gasteiger partial charge in [-0.25, -0.2) is 0 Å². The number of nitro groups is 1. The second kappa shape index (κ2) is 5.02. The first-order valence-electron chi connectivity index (χ1n) is 6.24. The van der Waals surface area contributed by atoms with E-state index in [0.717, 1.165) is 31.7 Å². The van der Waals surface area contributed by atoms with Gasteiger partial charge in [-0.3, -0.25) is 15.0 Å². The van der Waals surface area contributed by atoms with E-state index in [1.807, 2.05) is 6.07 Å². The maximum absolute atomic E-state index is 11.1. The summed E-state index contributed by atoms with van der Waals surface area (Å²) in [6.07, 6.45) is 0. The van der Waals surface area contributed by atoms with Gasteiger partial charge in [-0.05, 0) is 11.6 Å². The predicted octanol–water partition coefficient (Wildman–Crippen LogP) is 0.729. The van der Waals surface area contributed by atoms with Crippen molar-refractivity contribution < 1.29 is 14.4 Å². The number of hydrogen-bond acceptors (Lipinski definition) is 6. The Labute approximate surface area is 110 Å². The van der Waals surface area contributed by atoms with Gasteiger partial charge in [-0.1, -0.05) is 0 Å². The lowest BCUT2D eigenvalue weighted by atomic mass is 10.1. The standard InChI is InChI=1S/C12H15N3O4/c16-15(17)10-5-9(6-11-12(10)19-8-18-11)7-14-3-1-13-2-4-14/h5-6,13H,1-4,7-8H2. The zero-order valence-electron chi connectivity index (χ0n) is 10.4. The lowest BCUT2D eigenvalue weighted by molar-refractivity contribution is -0.385. The van der Waals surface area contributed by atoms with E-state index in [2.05, 4.69) is 10.2 Å². The average Bonchev–Trinajstić information content (AvgIpc) is 2.87. The normalized spacial score (nSPS) is 18.5. The van der Waals surface area contributed by atoms with Gasteiger partial charge in [-0.15, -0.1) is 0 Å². The molecule has 0 bridgehead atoms. The van der Waals surface area contributed by atoms with Crippen LogP contribution in [0.4, 0.5) is 5.69 Å². The van der Waals surface area contributed by atoms with Crippen LogP contribution in [0.1, 0.15) is 5.56 Å². The number of nitrogens with one attached hydrogen (secondary N) is 1. The van der Waals surface area contributed by atoms with Gasteiger partial charge in [0.05, 0.1) is 4.92 Å². The monoisotopic (exact) mass is 265 g/mol. The van der Waals surface area contributed by atoms with E-state index in [1.54, 1.807) is 6.07 Å². The second-order valence-electron chi connectivity index (χ2n) is 4.63. The number of nitro benzene ring substituents is 1. The Balaban J connectivity index is 1.85. The van der Waals surface area contributed by atoms with Crippen LogP contribution in [0.25, 0.3) is 0 Å². The molecule has 1 aromatic rings. The molecule has 0 radical (unpaired) electrons. The Bertz CT molecular complexity index is 500. The maximum Gasteiger partial charge on any atom is 0.315 e. The van der Waals surface area contributed by atoms with Gasteiger partial charge in [-0.2, -0.15) is 0 Å². The highest BCUT2D eigenvalue weighted by atomic mass is 16.7. The van der Waals surface area contributed by atoms with Crippen LogP contribution < -0.4 is 14.8 Å². The van der Waals surface area contributed by atoms with Crippen molar-refractivity contribution in [2.75, 3.05) is 33.0 Å². The Morgan fingerprint density at radius 3 is 2.84 bits per heavy atom. The van der Waals surface area contributed by atoms with Crippen molar-refractivity contribution in [3.63, 3.8) is 0 Å². The number of rotatable bonds is 3. The first-order valence-corrected chi connectivity index (χ1v) is 6.24. The third kappa shape index (κ3) is 2.47. The molecule has 0 aliphatic carbocycles. The van der Waals surface area contributed by atoms with Crippen molar-refractivity contribution in [2.45, 2.75) is 6.54 Å². The van der Waals surface area contributed by atoms with Crippen molar-refractivity contribution in [2.24, 2.45) is 0 Å². The first kappa shape index (κ1) is 12.2. The average molecular weight is 265 g/mol. The molecule has 0 spiro atoms. The summed E-state index contributed by atoms with van der Waals surface area (Å²) in [4.78, 5) is 12.9. The SMILES string of the molecule is O=[N+]([O-])c1cc(CN2CCNCC2)cc2c1OCO2. The van der Waals surface area contributed by atoms with Crippen LogP contribution in [-0.4, -0.2) is 42.8 Å². The summed E-state index contributed by atoms with van der Waals surface area (Å²) in [5.41, 5.74) is 0.873. The molecule has 0 aromatic heterocycles. The minimum absolute atomic E-state index is 0.0138. The smallest absolute Gasteiger partial charge is 0.315 e. The van der Waals surface area contributed by atoms with Crippen LogP contribution in [-0.2, 0) is 6.54 Å². The molecule has 7 nitrogen and oxygen atoms in total. The van der Waals surface area contributed by atoms with Gasteiger partial charge in [0, 0.05) is 38.8 Å². The number of piperazine rings is 1. The molecule has 0 saturated carbocycles. The molecule has 2 heterocycles. The van der Waals surface area contributed by atoms with E-state index in [4.69, 9.17) is 9.47 Å². The fourth-order valence-electron chi connectivity index (χ4n) is 2.40. The molecule has 102 valence electrons. The van der Waals surface area contributed by atoms with E-state index in [1.165, 1.54) is 0 Å². The molecule has 2 aliphatic heterocycles. The number of nitrogens with zero attached hydrogens (tertiary/aromatic N) is 2. The molecule has 1 fully saturated rings. The Morgan fingerprint density at radius 1 is 1.32 bits per heavy atom. The summed E-state index contributed by atoms with van der Waals surface area (Å²) in [7, 11) is 0. The van der Waals surface area contributed by atoms with Crippen molar-refractivity contribution in [1.29, 1.82) is 0 Å². The van der Waals surface area contributed by atoms with E-state index < -0.39 is 4.92 Å². The van der Waals surface area contributed by atoms with Gasteiger partial charge in [0.25, 0.3) is 0 Å². The van der Waals surface area contributed by atoms with E-state index in [-0.39, 0.29) is 18.2 Å². The largest absolute Gasteiger partial charge is 0.453 e. The molecule has 2 aliphatic rings. The minimum Gasteiger partial charge on any atom is -0.453 e. The molecule has 0 unspecified atom stereocenters. The first-order chi connectivity index (χ1) is 9.24. The van der Waals surface area contributed by atoms with E-state index >= 15 is 0 Å². The van der Waals surface area contributed by atoms with Gasteiger partial charge < -0.3 is 14.8 Å². The molecule has 3 rings (SSSR count). The summed E-state index contributed by atoms with van der Waals surface area (Å²) in [6.45, 7) is 4.54. The summed E-state index contributed by atoms with van der Waals surface area (Å²) < 4.78 is 10.4. The van der Waals surface area contributed by atoms with Gasteiger partial charge >= 0.3 is 5.69 Å². The zero-order valence-corrected chi connectivity index (χ0v) is 10.4. The fraction of sp³-hybridized carbons (Fsp3) is 0.500. The molecule has 7 heteroatoms. The number of benzene rings is 1. The third-order valence-electron chi connectivity index (χ3n) is 3.33. The Morgan fingerprint density at radius 2 is 2.11 bits per heavy atom. The lowest BCUT2D eigenvalue weighted by Gasteiger charge is -2.27. The van der Waals surface area contributed by atoms with Crippen LogP contribution in [0.3, 0.4) is 0 Å². The molecular formula is C12H15N3O4. The molecular weight excluding hydrogens is 250 g/mol. The molecule has 1 N–H and O–H groups in total. The van der Waals surface area contributed by atoms with Crippen LogP contribution >= 0.6 is 0 Å². The Kier molecular flexibility index (Phi) is 3.22. The van der Waals surface area contributed by atoms with E-state index in [0.29, 0.717) is 12.3 Å². The molecule has 0 amide bonds. The van der Waals surface area contributed by atoms with Crippen LogP contribution in [0, 0.1) is 10.1 Å². The number of ether oxygens (including phenoxy) is 2. The Hall–Kier alpha value is -1.86. The number of hydrogen-bond donors (Lipinski definition) is 1. The van der Waals surface area contributed by atoms with Crippen LogP contribution in [0.2, 0.25) is 0 Å². The minimum atomic E-state index is -0.422. The lowest BCUT2D eigenvalue weighted by Crippen LogP contribution is -2.42. The van der Waals surface area contributed by atoms with E-state index in [9.17, 15) is 10.1 Å². The summed E-state index contributed by atoms with van der Waals surface area (Å²) >= 11 is 0. The van der Waals surface area contributed by atoms with Crippen molar-refractivity contribution >= 4 is 5.69 Å². The highest BCUT2D eigenvalue weighted by molar-refractivity contribution is 5.59. The van der Waals surface area contributed by atoms with Crippen molar-refractivity contribution in [3.05, 3.63) is 27.8 Å². The quantitative estimate of drug-likeness (QED) is 0.641. The predicted molar refractivity (Wildman–Crippen MR) is 67.4 cm³/mol. The van der Waals surface area contributed by atoms with Gasteiger partial charge in [0.2, 0.25) is 12.5 Å². The number of fused-ring (bicyclic) bond motifs is 1. The second-order valence-corrected chi connectivity index (χ2v) is 4.63. The van der Waals surface area contributed by atoms with Crippen molar-refractivity contribution in [1.82, 2.24) is 10.2 Å². The molecule has 1 aromatic carbocycles. The third-order valence-corrected chi connectivity index (χ3v) is 3.33. The van der Waals surface area contributed by atoms with Crippen LogP contribution in [0.5, 0.6) is 11.5 Å². The highest BCUT2D eigenvalue weighted by Gasteiger charge is 2.27. The molecule has 19 heavy (non-hydrogen) atoms. The van der Waals surface area contributed by atoms with Gasteiger partial charge in [0.15, 0.2) is 5.75 Å². The molecule has 1 saturated heterocycles. The zero-order chi connectivity index (χ0) is 13.2. The summed E-state index contributed by atoms with van der Waals surface area (Å²) in [5.74, 6) is 0.716. The summed E-state index contributed by atoms with van der Waals surface area (Å²) in [5, 5.41) is 14.3. The molecule has 0 atom stereocenters.